The van der Waals surface area contributed by atoms with Crippen molar-refractivity contribution < 1.29 is 29.2 Å². The number of hydrogen-bond donors (Lipinski definition) is 2. The fourth-order valence-electron chi connectivity index (χ4n) is 2.76. The number of fused-ring (bicyclic) bond motifs is 1. The van der Waals surface area contributed by atoms with Crippen LogP contribution >= 0.6 is 0 Å². The molecule has 6 heteroatoms. The molecule has 0 saturated carbocycles. The van der Waals surface area contributed by atoms with Gasteiger partial charge in [0.15, 0.2) is 23.0 Å². The number of hydrogen-bond acceptors (Lipinski definition) is 6. The van der Waals surface area contributed by atoms with Gasteiger partial charge in [-0.05, 0) is 23.8 Å². The van der Waals surface area contributed by atoms with E-state index in [1.807, 2.05) is 6.07 Å². The molecule has 0 amide bonds. The van der Waals surface area contributed by atoms with Crippen molar-refractivity contribution in [2.24, 2.45) is 0 Å². The Morgan fingerprint density at radius 3 is 2.52 bits per heavy atom. The molecule has 0 radical (unpaired) electrons. The third kappa shape index (κ3) is 2.52. The number of rotatable bonds is 3. The summed E-state index contributed by atoms with van der Waals surface area (Å²) in [5.74, 6) is -0.404. The number of phenols is 2. The molecule has 3 rings (SSSR count). The zero-order valence-electron chi connectivity index (χ0n) is 12.7. The number of esters is 1. The first kappa shape index (κ1) is 15.0. The zero-order valence-corrected chi connectivity index (χ0v) is 12.7. The lowest BCUT2D eigenvalue weighted by molar-refractivity contribution is -0.135. The van der Waals surface area contributed by atoms with E-state index in [-0.39, 0.29) is 23.8 Å². The Morgan fingerprint density at radius 1 is 1.09 bits per heavy atom. The molecule has 0 spiro atoms. The number of benzene rings is 2. The summed E-state index contributed by atoms with van der Waals surface area (Å²) in [6.45, 7) is 0. The van der Waals surface area contributed by atoms with E-state index < -0.39 is 11.7 Å². The molecule has 1 aliphatic rings. The summed E-state index contributed by atoms with van der Waals surface area (Å²) in [7, 11) is 3.08. The lowest BCUT2D eigenvalue weighted by Crippen LogP contribution is -2.21. The molecule has 2 N–H and O–H groups in total. The van der Waals surface area contributed by atoms with Crippen LogP contribution in [0.5, 0.6) is 28.7 Å². The third-order valence-corrected chi connectivity index (χ3v) is 3.91. The molecule has 2 aromatic rings. The van der Waals surface area contributed by atoms with Crippen LogP contribution in [0.15, 0.2) is 30.3 Å². The van der Waals surface area contributed by atoms with Gasteiger partial charge in [0, 0.05) is 11.5 Å². The van der Waals surface area contributed by atoms with Crippen molar-refractivity contribution >= 4 is 5.97 Å². The minimum absolute atomic E-state index is 0.000958. The molecule has 0 fully saturated rings. The van der Waals surface area contributed by atoms with Crippen LogP contribution in [0.4, 0.5) is 0 Å². The number of ether oxygens (including phenoxy) is 3. The molecular weight excluding hydrogens is 300 g/mol. The minimum atomic E-state index is -0.474. The molecule has 2 aromatic carbocycles. The molecular formula is C17H16O6. The zero-order chi connectivity index (χ0) is 16.6. The molecule has 0 aliphatic carbocycles. The average Bonchev–Trinajstić information content (AvgIpc) is 2.57. The van der Waals surface area contributed by atoms with Gasteiger partial charge in [0.25, 0.3) is 0 Å². The molecule has 1 unspecified atom stereocenters. The van der Waals surface area contributed by atoms with E-state index in [1.54, 1.807) is 25.3 Å². The number of carbonyl (C=O) groups is 1. The number of aromatic hydroxyl groups is 2. The first-order valence-electron chi connectivity index (χ1n) is 7.02. The second kappa shape index (κ2) is 5.72. The van der Waals surface area contributed by atoms with Gasteiger partial charge >= 0.3 is 5.97 Å². The van der Waals surface area contributed by atoms with Crippen molar-refractivity contribution in [1.82, 2.24) is 0 Å². The van der Waals surface area contributed by atoms with Gasteiger partial charge in [-0.2, -0.15) is 0 Å². The molecule has 0 aromatic heterocycles. The molecule has 0 bridgehead atoms. The Balaban J connectivity index is 2.11. The van der Waals surface area contributed by atoms with Crippen molar-refractivity contribution in [2.45, 2.75) is 12.3 Å². The Hall–Kier alpha value is -2.89. The van der Waals surface area contributed by atoms with Crippen molar-refractivity contribution in [3.63, 3.8) is 0 Å². The predicted molar refractivity (Wildman–Crippen MR) is 81.4 cm³/mol. The van der Waals surface area contributed by atoms with Crippen LogP contribution in [0.1, 0.15) is 23.5 Å². The summed E-state index contributed by atoms with van der Waals surface area (Å²) in [5.41, 5.74) is 1.46. The second-order valence-corrected chi connectivity index (χ2v) is 5.20. The molecule has 1 aliphatic heterocycles. The molecule has 6 nitrogen and oxygen atoms in total. The van der Waals surface area contributed by atoms with Crippen LogP contribution in [0, 0.1) is 0 Å². The SMILES string of the molecule is COc1ccc(C2CC(=O)Oc3c2ccc(O)c3O)cc1OC. The molecule has 23 heavy (non-hydrogen) atoms. The van der Waals surface area contributed by atoms with Gasteiger partial charge in [-0.25, -0.2) is 0 Å². The summed E-state index contributed by atoms with van der Waals surface area (Å²) in [6, 6.07) is 8.39. The maximum Gasteiger partial charge on any atom is 0.312 e. The van der Waals surface area contributed by atoms with Gasteiger partial charge in [-0.15, -0.1) is 0 Å². The van der Waals surface area contributed by atoms with Crippen molar-refractivity contribution in [3.8, 4) is 28.7 Å². The summed E-state index contributed by atoms with van der Waals surface area (Å²) >= 11 is 0. The summed E-state index contributed by atoms with van der Waals surface area (Å²) < 4.78 is 15.6. The molecule has 1 atom stereocenters. The molecule has 1 heterocycles. The third-order valence-electron chi connectivity index (χ3n) is 3.91. The van der Waals surface area contributed by atoms with Crippen LogP contribution in [-0.2, 0) is 4.79 Å². The summed E-state index contributed by atoms with van der Waals surface area (Å²) in [4.78, 5) is 11.9. The number of methoxy groups -OCH3 is 2. The maximum atomic E-state index is 11.9. The highest BCUT2D eigenvalue weighted by Crippen LogP contribution is 2.47. The van der Waals surface area contributed by atoms with E-state index in [9.17, 15) is 15.0 Å². The van der Waals surface area contributed by atoms with Gasteiger partial charge in [-0.1, -0.05) is 12.1 Å². The fourth-order valence-corrected chi connectivity index (χ4v) is 2.76. The largest absolute Gasteiger partial charge is 0.504 e. The lowest BCUT2D eigenvalue weighted by Gasteiger charge is -2.26. The van der Waals surface area contributed by atoms with E-state index in [4.69, 9.17) is 14.2 Å². The van der Waals surface area contributed by atoms with Gasteiger partial charge in [-0.3, -0.25) is 4.79 Å². The minimum Gasteiger partial charge on any atom is -0.504 e. The quantitative estimate of drug-likeness (QED) is 0.514. The first-order chi connectivity index (χ1) is 11.0. The predicted octanol–water partition coefficient (Wildman–Crippen LogP) is 2.56. The van der Waals surface area contributed by atoms with Crippen molar-refractivity contribution in [3.05, 3.63) is 41.5 Å². The first-order valence-corrected chi connectivity index (χ1v) is 7.02. The van der Waals surface area contributed by atoms with E-state index >= 15 is 0 Å². The highest BCUT2D eigenvalue weighted by atomic mass is 16.5. The number of carbonyl (C=O) groups excluding carboxylic acids is 1. The Bertz CT molecular complexity index is 768. The Labute approximate surface area is 132 Å². The van der Waals surface area contributed by atoms with Crippen LogP contribution in [0.25, 0.3) is 0 Å². The molecule has 0 saturated heterocycles. The van der Waals surface area contributed by atoms with Gasteiger partial charge in [0.1, 0.15) is 0 Å². The van der Waals surface area contributed by atoms with Crippen LogP contribution in [-0.4, -0.2) is 30.4 Å². The standard InChI is InChI=1S/C17H16O6/c1-21-13-6-3-9(7-14(13)22-2)11-8-15(19)23-17-10(11)4-5-12(18)16(17)20/h3-7,11,18,20H,8H2,1-2H3. The van der Waals surface area contributed by atoms with E-state index in [2.05, 4.69) is 0 Å². The maximum absolute atomic E-state index is 11.9. The summed E-state index contributed by atoms with van der Waals surface area (Å²) in [5, 5.41) is 19.5. The Kier molecular flexibility index (Phi) is 3.73. The van der Waals surface area contributed by atoms with E-state index in [0.29, 0.717) is 17.1 Å². The normalized spacial score (nSPS) is 16.4. The molecule has 120 valence electrons. The van der Waals surface area contributed by atoms with Gasteiger partial charge in [0.2, 0.25) is 5.75 Å². The van der Waals surface area contributed by atoms with Crippen LogP contribution < -0.4 is 14.2 Å². The Morgan fingerprint density at radius 2 is 1.83 bits per heavy atom. The average molecular weight is 316 g/mol. The van der Waals surface area contributed by atoms with E-state index in [1.165, 1.54) is 13.2 Å². The second-order valence-electron chi connectivity index (χ2n) is 5.20. The van der Waals surface area contributed by atoms with Crippen molar-refractivity contribution in [2.75, 3.05) is 14.2 Å². The summed E-state index contributed by atoms with van der Waals surface area (Å²) in [6.07, 6.45) is 0.132. The lowest BCUT2D eigenvalue weighted by atomic mass is 9.86. The van der Waals surface area contributed by atoms with Crippen molar-refractivity contribution in [1.29, 1.82) is 0 Å². The fraction of sp³-hybridized carbons (Fsp3) is 0.235. The van der Waals surface area contributed by atoms with Crippen LogP contribution in [0.2, 0.25) is 0 Å². The highest BCUT2D eigenvalue weighted by molar-refractivity contribution is 5.80. The van der Waals surface area contributed by atoms with E-state index in [0.717, 1.165) is 5.56 Å². The van der Waals surface area contributed by atoms with Gasteiger partial charge in [0.05, 0.1) is 20.6 Å². The monoisotopic (exact) mass is 316 g/mol. The highest BCUT2D eigenvalue weighted by Gasteiger charge is 2.32. The smallest absolute Gasteiger partial charge is 0.312 e. The topological polar surface area (TPSA) is 85.2 Å². The van der Waals surface area contributed by atoms with Crippen LogP contribution in [0.3, 0.4) is 0 Å². The van der Waals surface area contributed by atoms with Gasteiger partial charge < -0.3 is 24.4 Å². The number of phenolic OH excluding ortho intramolecular Hbond substituents is 2.